The number of rotatable bonds is 9. The standard InChI is InChI=1S/C9H23NO3Si/c1-11-14(3,12-2)9-5-8-13-7-4-6-10/h4-10H2,1-3H3. The maximum absolute atomic E-state index is 5.39. The van der Waals surface area contributed by atoms with E-state index in [1.54, 1.807) is 14.2 Å². The first kappa shape index (κ1) is 14.1. The van der Waals surface area contributed by atoms with Crippen LogP contribution >= 0.6 is 0 Å². The van der Waals surface area contributed by atoms with Crippen molar-refractivity contribution in [1.29, 1.82) is 0 Å². The first-order valence-corrected chi connectivity index (χ1v) is 7.59. The Hall–Kier alpha value is 0.0569. The summed E-state index contributed by atoms with van der Waals surface area (Å²) >= 11 is 0. The average molecular weight is 221 g/mol. The summed E-state index contributed by atoms with van der Waals surface area (Å²) in [5.74, 6) is 0. The zero-order valence-corrected chi connectivity index (χ0v) is 10.5. The fourth-order valence-electron chi connectivity index (χ4n) is 1.07. The van der Waals surface area contributed by atoms with Crippen LogP contribution in [0.3, 0.4) is 0 Å². The molecule has 0 aromatic carbocycles. The van der Waals surface area contributed by atoms with E-state index in [-0.39, 0.29) is 0 Å². The zero-order valence-electron chi connectivity index (χ0n) is 9.54. The molecule has 0 aliphatic heterocycles. The van der Waals surface area contributed by atoms with Crippen LogP contribution in [0.15, 0.2) is 0 Å². The predicted octanol–water partition coefficient (Wildman–Crippen LogP) is 1.11. The van der Waals surface area contributed by atoms with Crippen LogP contribution in [0, 0.1) is 0 Å². The molecule has 86 valence electrons. The number of nitrogens with two attached hydrogens (primary N) is 1. The molecule has 0 aliphatic carbocycles. The van der Waals surface area contributed by atoms with Gasteiger partial charge in [0.05, 0.1) is 0 Å². The summed E-state index contributed by atoms with van der Waals surface area (Å²) < 4.78 is 16.1. The second kappa shape index (κ2) is 8.37. The monoisotopic (exact) mass is 221 g/mol. The summed E-state index contributed by atoms with van der Waals surface area (Å²) in [7, 11) is 1.56. The van der Waals surface area contributed by atoms with Gasteiger partial charge >= 0.3 is 8.56 Å². The quantitative estimate of drug-likeness (QED) is 0.468. The van der Waals surface area contributed by atoms with Crippen molar-refractivity contribution >= 4 is 8.56 Å². The molecule has 0 aromatic heterocycles. The van der Waals surface area contributed by atoms with Crippen LogP contribution < -0.4 is 5.73 Å². The lowest BCUT2D eigenvalue weighted by Gasteiger charge is -2.22. The van der Waals surface area contributed by atoms with Crippen LogP contribution in [-0.2, 0) is 13.6 Å². The Balaban J connectivity index is 3.34. The van der Waals surface area contributed by atoms with Crippen molar-refractivity contribution in [2.45, 2.75) is 25.4 Å². The Bertz CT molecular complexity index is 131. The molecule has 14 heavy (non-hydrogen) atoms. The van der Waals surface area contributed by atoms with Gasteiger partial charge in [0, 0.05) is 27.4 Å². The lowest BCUT2D eigenvalue weighted by atomic mass is 10.4. The SMILES string of the molecule is CO[Si](C)(CCCOCCCN)OC. The maximum atomic E-state index is 5.39. The number of ether oxygens (including phenoxy) is 1. The van der Waals surface area contributed by atoms with E-state index in [0.717, 1.165) is 32.1 Å². The third kappa shape index (κ3) is 6.50. The third-order valence-electron chi connectivity index (χ3n) is 2.28. The molecule has 0 rings (SSSR count). The summed E-state index contributed by atoms with van der Waals surface area (Å²) in [5, 5.41) is 0. The molecule has 0 aliphatic rings. The lowest BCUT2D eigenvalue weighted by molar-refractivity contribution is 0.130. The summed E-state index contributed by atoms with van der Waals surface area (Å²) in [6.45, 7) is 4.29. The molecule has 5 heteroatoms. The first-order valence-electron chi connectivity index (χ1n) is 5.06. The van der Waals surface area contributed by atoms with E-state index >= 15 is 0 Å². The van der Waals surface area contributed by atoms with Crippen molar-refractivity contribution in [3.63, 3.8) is 0 Å². The van der Waals surface area contributed by atoms with Crippen molar-refractivity contribution < 1.29 is 13.6 Å². The highest BCUT2D eigenvalue weighted by Gasteiger charge is 2.27. The minimum Gasteiger partial charge on any atom is -0.398 e. The molecule has 0 saturated heterocycles. The van der Waals surface area contributed by atoms with Gasteiger partial charge in [0.15, 0.2) is 0 Å². The highest BCUT2D eigenvalue weighted by Crippen LogP contribution is 2.13. The fraction of sp³-hybridized carbons (Fsp3) is 1.00. The van der Waals surface area contributed by atoms with Crippen molar-refractivity contribution in [2.75, 3.05) is 34.0 Å². The van der Waals surface area contributed by atoms with E-state index < -0.39 is 8.56 Å². The van der Waals surface area contributed by atoms with Crippen LogP contribution in [-0.4, -0.2) is 42.5 Å². The van der Waals surface area contributed by atoms with Gasteiger partial charge in [-0.15, -0.1) is 0 Å². The largest absolute Gasteiger partial charge is 0.398 e. The molecule has 0 heterocycles. The second-order valence-electron chi connectivity index (χ2n) is 3.40. The van der Waals surface area contributed by atoms with Crippen LogP contribution in [0.5, 0.6) is 0 Å². The molecule has 0 amide bonds. The molecule has 0 saturated carbocycles. The summed E-state index contributed by atoms with van der Waals surface area (Å²) in [6, 6.07) is 0.975. The van der Waals surface area contributed by atoms with E-state index in [1.807, 2.05) is 0 Å². The van der Waals surface area contributed by atoms with Crippen molar-refractivity contribution in [1.82, 2.24) is 0 Å². The Labute approximate surface area is 88.0 Å². The van der Waals surface area contributed by atoms with E-state index in [2.05, 4.69) is 6.55 Å². The van der Waals surface area contributed by atoms with Gasteiger partial charge < -0.3 is 19.3 Å². The average Bonchev–Trinajstić information content (AvgIpc) is 2.23. The van der Waals surface area contributed by atoms with Gasteiger partial charge in [0.25, 0.3) is 0 Å². The van der Waals surface area contributed by atoms with Gasteiger partial charge in [-0.2, -0.15) is 0 Å². The van der Waals surface area contributed by atoms with E-state index in [1.165, 1.54) is 0 Å². The van der Waals surface area contributed by atoms with Gasteiger partial charge in [-0.3, -0.25) is 0 Å². The van der Waals surface area contributed by atoms with Crippen molar-refractivity contribution in [2.24, 2.45) is 5.73 Å². The normalized spacial score (nSPS) is 12.0. The van der Waals surface area contributed by atoms with Gasteiger partial charge in [0.2, 0.25) is 0 Å². The highest BCUT2D eigenvalue weighted by molar-refractivity contribution is 6.65. The molecule has 0 fully saturated rings. The zero-order chi connectivity index (χ0) is 10.9. The van der Waals surface area contributed by atoms with Crippen LogP contribution in [0.25, 0.3) is 0 Å². The minimum atomic E-state index is -1.87. The van der Waals surface area contributed by atoms with Crippen molar-refractivity contribution in [3.8, 4) is 0 Å². The maximum Gasteiger partial charge on any atom is 0.334 e. The van der Waals surface area contributed by atoms with E-state index in [9.17, 15) is 0 Å². The Kier molecular flexibility index (Phi) is 8.41. The van der Waals surface area contributed by atoms with Crippen LogP contribution in [0.2, 0.25) is 12.6 Å². The van der Waals surface area contributed by atoms with Crippen molar-refractivity contribution in [3.05, 3.63) is 0 Å². The number of hydrogen-bond acceptors (Lipinski definition) is 4. The van der Waals surface area contributed by atoms with Crippen LogP contribution in [0.1, 0.15) is 12.8 Å². The van der Waals surface area contributed by atoms with Gasteiger partial charge in [0.1, 0.15) is 0 Å². The molecule has 0 radical (unpaired) electrons. The lowest BCUT2D eigenvalue weighted by Crippen LogP contribution is -2.36. The Morgan fingerprint density at radius 2 is 1.64 bits per heavy atom. The molecular formula is C9H23NO3Si. The highest BCUT2D eigenvalue weighted by atomic mass is 28.4. The van der Waals surface area contributed by atoms with Gasteiger partial charge in [-0.05, 0) is 32.0 Å². The molecular weight excluding hydrogens is 198 g/mol. The Morgan fingerprint density at radius 1 is 1.07 bits per heavy atom. The third-order valence-corrected chi connectivity index (χ3v) is 5.26. The molecule has 0 spiro atoms. The second-order valence-corrected chi connectivity index (χ2v) is 6.98. The summed E-state index contributed by atoms with van der Waals surface area (Å²) in [6.07, 6.45) is 1.93. The fourth-order valence-corrected chi connectivity index (χ4v) is 2.43. The molecule has 2 N–H and O–H groups in total. The summed E-state index contributed by atoms with van der Waals surface area (Å²) in [4.78, 5) is 0. The topological polar surface area (TPSA) is 53.7 Å². The summed E-state index contributed by atoms with van der Waals surface area (Å²) in [5.41, 5.74) is 5.34. The molecule has 0 bridgehead atoms. The minimum absolute atomic E-state index is 0.697. The van der Waals surface area contributed by atoms with Gasteiger partial charge in [-0.1, -0.05) is 0 Å². The van der Waals surface area contributed by atoms with E-state index in [4.69, 9.17) is 19.3 Å². The Morgan fingerprint density at radius 3 is 2.14 bits per heavy atom. The molecule has 0 unspecified atom stereocenters. The predicted molar refractivity (Wildman–Crippen MR) is 59.6 cm³/mol. The number of hydrogen-bond donors (Lipinski definition) is 1. The molecule has 0 aromatic rings. The smallest absolute Gasteiger partial charge is 0.334 e. The first-order chi connectivity index (χ1) is 6.68. The van der Waals surface area contributed by atoms with Gasteiger partial charge in [-0.25, -0.2) is 0 Å². The van der Waals surface area contributed by atoms with E-state index in [0.29, 0.717) is 6.54 Å². The van der Waals surface area contributed by atoms with Crippen LogP contribution in [0.4, 0.5) is 0 Å². The molecule has 0 atom stereocenters. The molecule has 4 nitrogen and oxygen atoms in total.